The van der Waals surface area contributed by atoms with Gasteiger partial charge in [-0.2, -0.15) is 0 Å². The van der Waals surface area contributed by atoms with Crippen LogP contribution in [0.25, 0.3) is 0 Å². The number of nitrogens with zero attached hydrogens (tertiary/aromatic N) is 1. The predicted molar refractivity (Wildman–Crippen MR) is 63.5 cm³/mol. The van der Waals surface area contributed by atoms with Gasteiger partial charge in [-0.3, -0.25) is 4.98 Å². The molecule has 88 valence electrons. The minimum atomic E-state index is -0.266. The Bertz CT molecular complexity index is 372. The van der Waals surface area contributed by atoms with Crippen LogP contribution in [0.3, 0.4) is 0 Å². The molecule has 0 aliphatic carbocycles. The van der Waals surface area contributed by atoms with E-state index < -0.39 is 0 Å². The molecule has 0 aliphatic heterocycles. The quantitative estimate of drug-likeness (QED) is 0.734. The largest absolute Gasteiger partial charge is 0.462 e. The van der Waals surface area contributed by atoms with Crippen LogP contribution in [0, 0.1) is 12.8 Å². The molecule has 0 radical (unpaired) electrons. The van der Waals surface area contributed by atoms with Crippen molar-refractivity contribution < 1.29 is 9.53 Å². The number of aryl methyl sites for hydroxylation is 1. The predicted octanol–water partition coefficient (Wildman–Crippen LogP) is 2.77. The summed E-state index contributed by atoms with van der Waals surface area (Å²) in [5, 5.41) is 0. The summed E-state index contributed by atoms with van der Waals surface area (Å²) < 4.78 is 4.98. The average Bonchev–Trinajstić information content (AvgIpc) is 2.15. The number of hydrogen-bond donors (Lipinski definition) is 0. The molecule has 3 heteroatoms. The molecule has 0 amide bonds. The first-order valence-corrected chi connectivity index (χ1v) is 5.67. The highest BCUT2D eigenvalue weighted by atomic mass is 16.5. The van der Waals surface area contributed by atoms with Crippen molar-refractivity contribution in [1.29, 1.82) is 0 Å². The van der Waals surface area contributed by atoms with E-state index in [-0.39, 0.29) is 5.97 Å². The molecule has 0 bridgehead atoms. The maximum atomic E-state index is 11.6. The Kier molecular flexibility index (Phi) is 4.47. The molecule has 0 fully saturated rings. The molecule has 16 heavy (non-hydrogen) atoms. The van der Waals surface area contributed by atoms with Crippen molar-refractivity contribution in [3.63, 3.8) is 0 Å². The second-order valence-electron chi connectivity index (χ2n) is 4.31. The monoisotopic (exact) mass is 221 g/mol. The van der Waals surface area contributed by atoms with Gasteiger partial charge in [0.1, 0.15) is 0 Å². The third-order valence-corrected chi connectivity index (χ3v) is 2.13. The Morgan fingerprint density at radius 1 is 1.44 bits per heavy atom. The van der Waals surface area contributed by atoms with Gasteiger partial charge in [-0.05, 0) is 38.3 Å². The minimum absolute atomic E-state index is 0.266. The van der Waals surface area contributed by atoms with Crippen LogP contribution in [0.4, 0.5) is 0 Å². The fourth-order valence-corrected chi connectivity index (χ4v) is 1.59. The standard InChI is InChI=1S/C13H19NO2/c1-5-16-13(15)11-7-10(4)14-12(8-11)6-9(2)3/h7-9H,5-6H2,1-4H3. The SMILES string of the molecule is CCOC(=O)c1cc(C)nc(CC(C)C)c1. The number of ether oxygens (including phenoxy) is 1. The van der Waals surface area contributed by atoms with Crippen LogP contribution in [-0.4, -0.2) is 17.6 Å². The summed E-state index contributed by atoms with van der Waals surface area (Å²) in [5.41, 5.74) is 2.42. The number of pyridine rings is 1. The van der Waals surface area contributed by atoms with E-state index in [1.165, 1.54) is 0 Å². The zero-order valence-corrected chi connectivity index (χ0v) is 10.4. The number of aromatic nitrogens is 1. The number of carbonyl (C=O) groups is 1. The van der Waals surface area contributed by atoms with Crippen molar-refractivity contribution >= 4 is 5.97 Å². The van der Waals surface area contributed by atoms with E-state index >= 15 is 0 Å². The maximum Gasteiger partial charge on any atom is 0.338 e. The molecule has 1 rings (SSSR count). The van der Waals surface area contributed by atoms with Crippen LogP contribution < -0.4 is 0 Å². The third kappa shape index (κ3) is 3.65. The van der Waals surface area contributed by atoms with Gasteiger partial charge in [0, 0.05) is 11.4 Å². The van der Waals surface area contributed by atoms with Gasteiger partial charge in [0.25, 0.3) is 0 Å². The molecular formula is C13H19NO2. The Labute approximate surface area is 96.8 Å². The average molecular weight is 221 g/mol. The fourth-order valence-electron chi connectivity index (χ4n) is 1.59. The van der Waals surface area contributed by atoms with Gasteiger partial charge in [0.2, 0.25) is 0 Å². The Morgan fingerprint density at radius 3 is 2.69 bits per heavy atom. The molecule has 0 aromatic carbocycles. The Morgan fingerprint density at radius 2 is 2.12 bits per heavy atom. The molecule has 0 N–H and O–H groups in total. The van der Waals surface area contributed by atoms with Crippen LogP contribution >= 0.6 is 0 Å². The van der Waals surface area contributed by atoms with E-state index in [1.54, 1.807) is 13.0 Å². The van der Waals surface area contributed by atoms with Crippen LogP contribution in [0.1, 0.15) is 42.5 Å². The van der Waals surface area contributed by atoms with Gasteiger partial charge in [0.05, 0.1) is 12.2 Å². The van der Waals surface area contributed by atoms with Crippen LogP contribution in [0.5, 0.6) is 0 Å². The lowest BCUT2D eigenvalue weighted by Gasteiger charge is -2.08. The summed E-state index contributed by atoms with van der Waals surface area (Å²) in [6.45, 7) is 8.37. The highest BCUT2D eigenvalue weighted by Crippen LogP contribution is 2.11. The summed E-state index contributed by atoms with van der Waals surface area (Å²) in [7, 11) is 0. The van der Waals surface area contributed by atoms with Gasteiger partial charge in [-0.1, -0.05) is 13.8 Å². The van der Waals surface area contributed by atoms with Crippen molar-refractivity contribution in [1.82, 2.24) is 4.98 Å². The first-order chi connectivity index (χ1) is 7.52. The van der Waals surface area contributed by atoms with Gasteiger partial charge in [0.15, 0.2) is 0 Å². The summed E-state index contributed by atoms with van der Waals surface area (Å²) in [5.74, 6) is 0.266. The number of hydrogen-bond acceptors (Lipinski definition) is 3. The zero-order valence-electron chi connectivity index (χ0n) is 10.4. The van der Waals surface area contributed by atoms with Gasteiger partial charge in [-0.15, -0.1) is 0 Å². The van der Waals surface area contributed by atoms with E-state index in [1.807, 2.05) is 13.0 Å². The molecule has 1 aromatic rings. The molecule has 0 atom stereocenters. The van der Waals surface area contributed by atoms with Crippen LogP contribution in [0.2, 0.25) is 0 Å². The van der Waals surface area contributed by atoms with Crippen molar-refractivity contribution in [3.8, 4) is 0 Å². The summed E-state index contributed by atoms with van der Waals surface area (Å²) in [6.07, 6.45) is 0.883. The fraction of sp³-hybridized carbons (Fsp3) is 0.538. The van der Waals surface area contributed by atoms with E-state index in [4.69, 9.17) is 4.74 Å². The number of carbonyl (C=O) groups excluding carboxylic acids is 1. The second kappa shape index (κ2) is 5.64. The molecule has 3 nitrogen and oxygen atoms in total. The maximum absolute atomic E-state index is 11.6. The minimum Gasteiger partial charge on any atom is -0.462 e. The number of esters is 1. The summed E-state index contributed by atoms with van der Waals surface area (Å²) in [4.78, 5) is 16.0. The number of rotatable bonds is 4. The molecule has 1 aromatic heterocycles. The zero-order chi connectivity index (χ0) is 12.1. The lowest BCUT2D eigenvalue weighted by atomic mass is 10.1. The molecule has 0 saturated heterocycles. The van der Waals surface area contributed by atoms with Crippen molar-refractivity contribution in [2.75, 3.05) is 6.61 Å². The molecule has 0 aliphatic rings. The molecule has 0 saturated carbocycles. The summed E-state index contributed by atoms with van der Waals surface area (Å²) >= 11 is 0. The summed E-state index contributed by atoms with van der Waals surface area (Å²) in [6, 6.07) is 3.59. The van der Waals surface area contributed by atoms with Crippen molar-refractivity contribution in [2.24, 2.45) is 5.92 Å². The van der Waals surface area contributed by atoms with E-state index in [0.29, 0.717) is 18.1 Å². The molecule has 0 unspecified atom stereocenters. The van der Waals surface area contributed by atoms with E-state index in [9.17, 15) is 4.79 Å². The van der Waals surface area contributed by atoms with E-state index in [0.717, 1.165) is 17.8 Å². The molecule has 1 heterocycles. The molecular weight excluding hydrogens is 202 g/mol. The highest BCUT2D eigenvalue weighted by molar-refractivity contribution is 5.89. The topological polar surface area (TPSA) is 39.2 Å². The lowest BCUT2D eigenvalue weighted by Crippen LogP contribution is -2.08. The lowest BCUT2D eigenvalue weighted by molar-refractivity contribution is 0.0526. The van der Waals surface area contributed by atoms with Crippen LogP contribution in [0.15, 0.2) is 12.1 Å². The second-order valence-corrected chi connectivity index (χ2v) is 4.31. The third-order valence-electron chi connectivity index (χ3n) is 2.13. The first kappa shape index (κ1) is 12.7. The Balaban J connectivity index is 2.93. The van der Waals surface area contributed by atoms with Gasteiger partial charge >= 0.3 is 5.97 Å². The molecule has 0 spiro atoms. The normalized spacial score (nSPS) is 10.6. The highest BCUT2D eigenvalue weighted by Gasteiger charge is 2.10. The Hall–Kier alpha value is -1.38. The first-order valence-electron chi connectivity index (χ1n) is 5.67. The van der Waals surface area contributed by atoms with Crippen LogP contribution in [-0.2, 0) is 11.2 Å². The smallest absolute Gasteiger partial charge is 0.338 e. The van der Waals surface area contributed by atoms with Crippen molar-refractivity contribution in [3.05, 3.63) is 29.1 Å². The van der Waals surface area contributed by atoms with Gasteiger partial charge in [-0.25, -0.2) is 4.79 Å². The van der Waals surface area contributed by atoms with Gasteiger partial charge < -0.3 is 4.74 Å². The van der Waals surface area contributed by atoms with E-state index in [2.05, 4.69) is 18.8 Å². The van der Waals surface area contributed by atoms with Crippen molar-refractivity contribution in [2.45, 2.75) is 34.1 Å².